The highest BCUT2D eigenvalue weighted by atomic mass is 19.4. The summed E-state index contributed by atoms with van der Waals surface area (Å²) < 4.78 is 51.6. The molecule has 21 heavy (non-hydrogen) atoms. The van der Waals surface area contributed by atoms with Crippen molar-refractivity contribution in [1.29, 1.82) is 0 Å². The zero-order valence-electron chi connectivity index (χ0n) is 11.7. The monoisotopic (exact) mass is 311 g/mol. The molecule has 0 aromatic heterocycles. The molecule has 0 N–H and O–H groups in total. The van der Waals surface area contributed by atoms with Crippen molar-refractivity contribution in [3.8, 4) is 0 Å². The fraction of sp³-hybridized carbons (Fsp3) is 0.923. The Morgan fingerprint density at radius 1 is 1.10 bits per heavy atom. The third-order valence-electron chi connectivity index (χ3n) is 3.51. The van der Waals surface area contributed by atoms with Crippen LogP contribution in [0.15, 0.2) is 0 Å². The van der Waals surface area contributed by atoms with Crippen LogP contribution in [-0.4, -0.2) is 62.3 Å². The van der Waals surface area contributed by atoms with Gasteiger partial charge in [-0.15, -0.1) is 0 Å². The van der Waals surface area contributed by atoms with Gasteiger partial charge >= 0.3 is 12.3 Å². The smallest absolute Gasteiger partial charge is 0.422 e. The Kier molecular flexibility index (Phi) is 5.69. The highest BCUT2D eigenvalue weighted by Gasteiger charge is 2.33. The number of carbonyl (C=O) groups excluding carboxylic acids is 1. The molecule has 2 saturated heterocycles. The van der Waals surface area contributed by atoms with Gasteiger partial charge in [0.1, 0.15) is 0 Å². The molecule has 122 valence electrons. The van der Waals surface area contributed by atoms with Crippen LogP contribution in [0.5, 0.6) is 0 Å². The summed E-state index contributed by atoms with van der Waals surface area (Å²) in [4.78, 5) is 13.1. The lowest BCUT2D eigenvalue weighted by Gasteiger charge is -2.27. The van der Waals surface area contributed by atoms with Gasteiger partial charge in [0, 0.05) is 13.2 Å². The second kappa shape index (κ2) is 7.31. The van der Waals surface area contributed by atoms with E-state index in [2.05, 4.69) is 4.74 Å². The molecule has 0 aromatic rings. The number of rotatable bonds is 5. The molecule has 2 aliphatic rings. The molecule has 2 aliphatic heterocycles. The van der Waals surface area contributed by atoms with Gasteiger partial charge in [-0.05, 0) is 25.7 Å². The summed E-state index contributed by atoms with van der Waals surface area (Å²) in [5, 5.41) is 0. The first-order chi connectivity index (χ1) is 9.94. The second-order valence-electron chi connectivity index (χ2n) is 5.34. The highest BCUT2D eigenvalue weighted by molar-refractivity contribution is 5.67. The second-order valence-corrected chi connectivity index (χ2v) is 5.34. The molecular weight excluding hydrogens is 291 g/mol. The quantitative estimate of drug-likeness (QED) is 0.782. The largest absolute Gasteiger partial charge is 0.440 e. The topological polar surface area (TPSA) is 48.0 Å². The molecule has 2 atom stereocenters. The lowest BCUT2D eigenvalue weighted by Crippen LogP contribution is -2.43. The van der Waals surface area contributed by atoms with E-state index in [-0.39, 0.29) is 25.3 Å². The van der Waals surface area contributed by atoms with Crippen molar-refractivity contribution in [2.75, 3.05) is 32.9 Å². The molecule has 0 saturated carbocycles. The van der Waals surface area contributed by atoms with E-state index in [1.165, 1.54) is 4.90 Å². The maximum absolute atomic E-state index is 12.1. The van der Waals surface area contributed by atoms with Gasteiger partial charge in [-0.2, -0.15) is 13.2 Å². The predicted octanol–water partition coefficient (Wildman–Crippen LogP) is 2.35. The van der Waals surface area contributed by atoms with Crippen molar-refractivity contribution >= 4 is 6.09 Å². The van der Waals surface area contributed by atoms with Gasteiger partial charge in [-0.3, -0.25) is 0 Å². The SMILES string of the molecule is O=C(OCC(F)(F)F)N(CC1CCCO1)CC1CCCO1. The van der Waals surface area contributed by atoms with Gasteiger partial charge in [0.05, 0.1) is 25.3 Å². The maximum atomic E-state index is 12.1. The van der Waals surface area contributed by atoms with Crippen molar-refractivity contribution in [1.82, 2.24) is 4.90 Å². The molecule has 2 heterocycles. The van der Waals surface area contributed by atoms with Gasteiger partial charge in [0.2, 0.25) is 0 Å². The summed E-state index contributed by atoms with van der Waals surface area (Å²) in [6, 6.07) is 0. The summed E-state index contributed by atoms with van der Waals surface area (Å²) in [7, 11) is 0. The van der Waals surface area contributed by atoms with Gasteiger partial charge in [0.15, 0.2) is 6.61 Å². The molecule has 0 radical (unpaired) electrons. The Labute approximate surface area is 121 Å². The molecule has 0 aliphatic carbocycles. The van der Waals surface area contributed by atoms with Crippen molar-refractivity contribution in [3.63, 3.8) is 0 Å². The Morgan fingerprint density at radius 2 is 1.62 bits per heavy atom. The van der Waals surface area contributed by atoms with E-state index in [4.69, 9.17) is 9.47 Å². The first-order valence-corrected chi connectivity index (χ1v) is 7.16. The van der Waals surface area contributed by atoms with Crippen LogP contribution >= 0.6 is 0 Å². The van der Waals surface area contributed by atoms with Crippen LogP contribution < -0.4 is 0 Å². The van der Waals surface area contributed by atoms with Gasteiger partial charge in [-0.25, -0.2) is 4.79 Å². The lowest BCUT2D eigenvalue weighted by atomic mass is 10.2. The lowest BCUT2D eigenvalue weighted by molar-refractivity contribution is -0.163. The molecule has 0 spiro atoms. The summed E-state index contributed by atoms with van der Waals surface area (Å²) in [6.45, 7) is 0.165. The molecule has 2 rings (SSSR count). The normalized spacial score (nSPS) is 26.0. The van der Waals surface area contributed by atoms with Crippen LogP contribution in [-0.2, 0) is 14.2 Å². The summed E-state index contributed by atoms with van der Waals surface area (Å²) in [5.74, 6) is 0. The molecule has 0 bridgehead atoms. The van der Waals surface area contributed by atoms with E-state index < -0.39 is 18.9 Å². The molecular formula is C13H20F3NO4. The first-order valence-electron chi connectivity index (χ1n) is 7.16. The zero-order valence-corrected chi connectivity index (χ0v) is 11.7. The Bertz CT molecular complexity index is 321. The minimum Gasteiger partial charge on any atom is -0.440 e. The molecule has 0 aromatic carbocycles. The van der Waals surface area contributed by atoms with E-state index in [0.717, 1.165) is 25.7 Å². The number of alkyl halides is 3. The fourth-order valence-electron chi connectivity index (χ4n) is 2.53. The summed E-state index contributed by atoms with van der Waals surface area (Å²) in [5.41, 5.74) is 0. The molecule has 1 amide bonds. The van der Waals surface area contributed by atoms with E-state index in [9.17, 15) is 18.0 Å². The number of nitrogens with zero attached hydrogens (tertiary/aromatic N) is 1. The van der Waals surface area contributed by atoms with Crippen molar-refractivity contribution in [3.05, 3.63) is 0 Å². The third kappa shape index (κ3) is 5.70. The standard InChI is InChI=1S/C13H20F3NO4/c14-13(15,16)9-21-12(18)17(7-10-3-1-5-19-10)8-11-4-2-6-20-11/h10-11H,1-9H2. The molecule has 2 fully saturated rings. The van der Waals surface area contributed by atoms with Crippen LogP contribution in [0.25, 0.3) is 0 Å². The number of hydrogen-bond acceptors (Lipinski definition) is 4. The predicted molar refractivity (Wildman–Crippen MR) is 66.9 cm³/mol. The third-order valence-corrected chi connectivity index (χ3v) is 3.51. The van der Waals surface area contributed by atoms with Crippen molar-refractivity contribution < 1.29 is 32.2 Å². The molecule has 2 unspecified atom stereocenters. The minimum absolute atomic E-state index is 0.134. The maximum Gasteiger partial charge on any atom is 0.422 e. The number of carbonyl (C=O) groups is 1. The Hall–Kier alpha value is -1.02. The van der Waals surface area contributed by atoms with Crippen molar-refractivity contribution in [2.45, 2.75) is 44.1 Å². The summed E-state index contributed by atoms with van der Waals surface area (Å²) in [6.07, 6.45) is -2.35. The highest BCUT2D eigenvalue weighted by Crippen LogP contribution is 2.19. The van der Waals surface area contributed by atoms with Gasteiger partial charge in [-0.1, -0.05) is 0 Å². The minimum atomic E-state index is -4.52. The van der Waals surface area contributed by atoms with Crippen LogP contribution in [0.2, 0.25) is 0 Å². The van der Waals surface area contributed by atoms with Crippen LogP contribution in [0.3, 0.4) is 0 Å². The Balaban J connectivity index is 1.87. The van der Waals surface area contributed by atoms with Gasteiger partial charge in [0.25, 0.3) is 0 Å². The number of ether oxygens (including phenoxy) is 3. The number of amides is 1. The van der Waals surface area contributed by atoms with Crippen LogP contribution in [0.4, 0.5) is 18.0 Å². The Morgan fingerprint density at radius 3 is 2.00 bits per heavy atom. The van der Waals surface area contributed by atoms with Gasteiger partial charge < -0.3 is 19.1 Å². The van der Waals surface area contributed by atoms with Crippen LogP contribution in [0, 0.1) is 0 Å². The number of halogens is 3. The van der Waals surface area contributed by atoms with E-state index in [0.29, 0.717) is 13.2 Å². The van der Waals surface area contributed by atoms with E-state index in [1.54, 1.807) is 0 Å². The van der Waals surface area contributed by atoms with E-state index in [1.807, 2.05) is 0 Å². The average molecular weight is 311 g/mol. The first kappa shape index (κ1) is 16.4. The molecule has 5 nitrogen and oxygen atoms in total. The zero-order chi connectivity index (χ0) is 15.3. The van der Waals surface area contributed by atoms with Crippen LogP contribution in [0.1, 0.15) is 25.7 Å². The average Bonchev–Trinajstić information content (AvgIpc) is 3.07. The fourth-order valence-corrected chi connectivity index (χ4v) is 2.53. The van der Waals surface area contributed by atoms with E-state index >= 15 is 0 Å². The van der Waals surface area contributed by atoms with Crippen molar-refractivity contribution in [2.24, 2.45) is 0 Å². The molecule has 8 heteroatoms. The number of hydrogen-bond donors (Lipinski definition) is 0. The summed E-state index contributed by atoms with van der Waals surface area (Å²) >= 11 is 0.